The van der Waals surface area contributed by atoms with Crippen LogP contribution in [0, 0.1) is 5.92 Å². The molecule has 3 rings (SSSR count). The summed E-state index contributed by atoms with van der Waals surface area (Å²) in [6.07, 6.45) is 4.73. The van der Waals surface area contributed by atoms with Gasteiger partial charge in [0.1, 0.15) is 5.60 Å². The second-order valence-corrected chi connectivity index (χ2v) is 9.48. The van der Waals surface area contributed by atoms with Gasteiger partial charge in [0, 0.05) is 31.6 Å². The van der Waals surface area contributed by atoms with Gasteiger partial charge in [-0.25, -0.2) is 0 Å². The van der Waals surface area contributed by atoms with Gasteiger partial charge in [-0.3, -0.25) is 14.5 Å². The largest absolute Gasteiger partial charge is 0.482 e. The predicted octanol–water partition coefficient (Wildman–Crippen LogP) is 3.62. The lowest BCUT2D eigenvalue weighted by Crippen LogP contribution is -2.48. The summed E-state index contributed by atoms with van der Waals surface area (Å²) in [6.45, 7) is 10.9. The van der Waals surface area contributed by atoms with Crippen LogP contribution in [-0.2, 0) is 27.3 Å². The zero-order valence-electron chi connectivity index (χ0n) is 18.2. The molecule has 29 heavy (non-hydrogen) atoms. The van der Waals surface area contributed by atoms with E-state index in [4.69, 9.17) is 4.74 Å². The Labute approximate surface area is 174 Å². The molecule has 1 aromatic carbocycles. The number of allylic oxidation sites excluding steroid dienone is 1. The number of carbonyl (C=O) groups excluding carboxylic acids is 2. The summed E-state index contributed by atoms with van der Waals surface area (Å²) < 4.78 is 5.72. The van der Waals surface area contributed by atoms with E-state index in [2.05, 4.69) is 48.3 Å². The summed E-state index contributed by atoms with van der Waals surface area (Å²) in [4.78, 5) is 26.9. The highest BCUT2D eigenvalue weighted by molar-refractivity contribution is 6.01. The third-order valence-corrected chi connectivity index (χ3v) is 5.42. The predicted molar refractivity (Wildman–Crippen MR) is 114 cm³/mol. The monoisotopic (exact) mass is 398 g/mol. The molecular formula is C24H34N2O3. The van der Waals surface area contributed by atoms with Gasteiger partial charge >= 0.3 is 0 Å². The molecule has 5 nitrogen and oxygen atoms in total. The molecule has 0 spiro atoms. The Morgan fingerprint density at radius 3 is 2.59 bits per heavy atom. The summed E-state index contributed by atoms with van der Waals surface area (Å²) in [5, 5.41) is 3.07. The van der Waals surface area contributed by atoms with Crippen LogP contribution in [0.5, 0.6) is 0 Å². The van der Waals surface area contributed by atoms with E-state index in [9.17, 15) is 9.59 Å². The molecule has 0 unspecified atom stereocenters. The van der Waals surface area contributed by atoms with Crippen LogP contribution in [0.1, 0.15) is 58.1 Å². The van der Waals surface area contributed by atoms with Gasteiger partial charge in [0.05, 0.1) is 0 Å². The second kappa shape index (κ2) is 9.12. The quantitative estimate of drug-likeness (QED) is 0.795. The normalized spacial score (nSPS) is 22.2. The minimum atomic E-state index is -0.626. The van der Waals surface area contributed by atoms with Crippen molar-refractivity contribution >= 4 is 11.7 Å². The number of ketones is 1. The summed E-state index contributed by atoms with van der Waals surface area (Å²) in [5.74, 6) is 0.467. The Bertz CT molecular complexity index is 765. The number of amides is 1. The van der Waals surface area contributed by atoms with Crippen molar-refractivity contribution in [3.8, 4) is 0 Å². The average molecular weight is 399 g/mol. The molecule has 0 saturated carbocycles. The third kappa shape index (κ3) is 6.43. The molecule has 1 saturated heterocycles. The van der Waals surface area contributed by atoms with Crippen LogP contribution in [-0.4, -0.2) is 41.3 Å². The van der Waals surface area contributed by atoms with Crippen molar-refractivity contribution < 1.29 is 14.3 Å². The van der Waals surface area contributed by atoms with Gasteiger partial charge in [-0.2, -0.15) is 0 Å². The fourth-order valence-electron chi connectivity index (χ4n) is 4.18. The number of ether oxygens (including phenoxy) is 1. The maximum Gasteiger partial charge on any atom is 0.286 e. The number of nitrogens with one attached hydrogen (secondary N) is 1. The molecular weight excluding hydrogens is 364 g/mol. The number of rotatable bonds is 6. The van der Waals surface area contributed by atoms with Gasteiger partial charge in [-0.05, 0) is 56.7 Å². The first-order chi connectivity index (χ1) is 13.7. The van der Waals surface area contributed by atoms with Gasteiger partial charge in [0.15, 0.2) is 11.5 Å². The number of hydrogen-bond acceptors (Lipinski definition) is 4. The molecule has 1 atom stereocenters. The molecule has 0 aliphatic carbocycles. The van der Waals surface area contributed by atoms with Gasteiger partial charge in [-0.1, -0.05) is 38.1 Å². The number of benzene rings is 1. The van der Waals surface area contributed by atoms with E-state index in [1.165, 1.54) is 17.2 Å². The molecule has 1 fully saturated rings. The fraction of sp³-hybridized carbons (Fsp3) is 0.583. The Morgan fingerprint density at radius 2 is 1.93 bits per heavy atom. The number of likely N-dealkylation sites (tertiary alicyclic amines) is 1. The van der Waals surface area contributed by atoms with E-state index in [1.807, 2.05) is 13.8 Å². The molecule has 2 aliphatic rings. The highest BCUT2D eigenvalue weighted by Gasteiger charge is 2.33. The Hall–Kier alpha value is -2.14. The first-order valence-corrected chi connectivity index (χ1v) is 10.7. The molecule has 158 valence electrons. The Balaban J connectivity index is 1.54. The molecule has 1 aromatic rings. The smallest absolute Gasteiger partial charge is 0.286 e. The Kier molecular flexibility index (Phi) is 6.78. The maximum atomic E-state index is 12.6. The molecule has 1 N–H and O–H groups in total. The maximum absolute atomic E-state index is 12.6. The number of piperidine rings is 1. The van der Waals surface area contributed by atoms with Crippen LogP contribution < -0.4 is 5.32 Å². The van der Waals surface area contributed by atoms with Crippen molar-refractivity contribution in [2.75, 3.05) is 13.1 Å². The van der Waals surface area contributed by atoms with Crippen LogP contribution >= 0.6 is 0 Å². The molecule has 5 heteroatoms. The van der Waals surface area contributed by atoms with Crippen molar-refractivity contribution in [1.29, 1.82) is 0 Å². The van der Waals surface area contributed by atoms with E-state index in [0.29, 0.717) is 12.3 Å². The third-order valence-electron chi connectivity index (χ3n) is 5.42. The summed E-state index contributed by atoms with van der Waals surface area (Å²) in [5.41, 5.74) is 2.06. The van der Waals surface area contributed by atoms with E-state index >= 15 is 0 Å². The van der Waals surface area contributed by atoms with E-state index in [1.54, 1.807) is 0 Å². The summed E-state index contributed by atoms with van der Waals surface area (Å²) in [7, 11) is 0. The lowest BCUT2D eigenvalue weighted by Gasteiger charge is -2.34. The zero-order chi connectivity index (χ0) is 21.0. The minimum absolute atomic E-state index is 0.0578. The fourth-order valence-corrected chi connectivity index (χ4v) is 4.18. The molecule has 0 radical (unpaired) electrons. The molecule has 1 amide bonds. The van der Waals surface area contributed by atoms with Gasteiger partial charge in [0.2, 0.25) is 0 Å². The number of carbonyl (C=O) groups is 2. The van der Waals surface area contributed by atoms with E-state index < -0.39 is 5.60 Å². The van der Waals surface area contributed by atoms with E-state index in [-0.39, 0.29) is 23.5 Å². The first-order valence-electron chi connectivity index (χ1n) is 10.7. The lowest BCUT2D eigenvalue weighted by atomic mass is 9.98. The molecule has 0 aromatic heterocycles. The van der Waals surface area contributed by atoms with Crippen molar-refractivity contribution in [2.24, 2.45) is 5.92 Å². The zero-order valence-corrected chi connectivity index (χ0v) is 18.2. The van der Waals surface area contributed by atoms with Crippen molar-refractivity contribution in [3.63, 3.8) is 0 Å². The molecule has 2 aliphatic heterocycles. The second-order valence-electron chi connectivity index (χ2n) is 9.48. The Morgan fingerprint density at radius 1 is 1.24 bits per heavy atom. The van der Waals surface area contributed by atoms with E-state index in [0.717, 1.165) is 38.9 Å². The topological polar surface area (TPSA) is 58.6 Å². The van der Waals surface area contributed by atoms with Gasteiger partial charge < -0.3 is 10.1 Å². The standard InChI is InChI=1S/C24H34N2O3/c1-17(2)12-18-7-9-19(10-8-18)15-26-11-5-6-20(16-26)25-23(28)22-13-21(27)14-24(3,4)29-22/h7-10,13,17,20H,5-6,11-12,14-16H2,1-4H3,(H,25,28)/t20-/m0/s1. The van der Waals surface area contributed by atoms with Crippen LogP contribution in [0.3, 0.4) is 0 Å². The van der Waals surface area contributed by atoms with Crippen molar-refractivity contribution in [2.45, 2.75) is 71.6 Å². The minimum Gasteiger partial charge on any atom is -0.482 e. The summed E-state index contributed by atoms with van der Waals surface area (Å²) in [6, 6.07) is 8.96. The SMILES string of the molecule is CC(C)Cc1ccc(CN2CCC[C@H](NC(=O)C3=CC(=O)CC(C)(C)O3)C2)cc1. The van der Waals surface area contributed by atoms with Gasteiger partial charge in [-0.15, -0.1) is 0 Å². The van der Waals surface area contributed by atoms with Crippen LogP contribution in [0.15, 0.2) is 36.1 Å². The highest BCUT2D eigenvalue weighted by Crippen LogP contribution is 2.25. The highest BCUT2D eigenvalue weighted by atomic mass is 16.5. The summed E-state index contributed by atoms with van der Waals surface area (Å²) >= 11 is 0. The van der Waals surface area contributed by atoms with Gasteiger partial charge in [0.25, 0.3) is 5.91 Å². The molecule has 0 bridgehead atoms. The number of nitrogens with zero attached hydrogens (tertiary/aromatic N) is 1. The first kappa shape index (κ1) is 21.6. The van der Waals surface area contributed by atoms with Crippen molar-refractivity contribution in [3.05, 3.63) is 47.2 Å². The molecule has 2 heterocycles. The lowest BCUT2D eigenvalue weighted by molar-refractivity contribution is -0.131. The van der Waals surface area contributed by atoms with Crippen LogP contribution in [0.4, 0.5) is 0 Å². The van der Waals surface area contributed by atoms with Crippen molar-refractivity contribution in [1.82, 2.24) is 10.2 Å². The van der Waals surface area contributed by atoms with Crippen LogP contribution in [0.25, 0.3) is 0 Å². The number of hydrogen-bond donors (Lipinski definition) is 1. The van der Waals surface area contributed by atoms with Crippen LogP contribution in [0.2, 0.25) is 0 Å². The average Bonchev–Trinajstić information content (AvgIpc) is 2.61.